The van der Waals surface area contributed by atoms with E-state index < -0.39 is 24.3 Å². The fourth-order valence-corrected chi connectivity index (χ4v) is 4.55. The van der Waals surface area contributed by atoms with E-state index in [2.05, 4.69) is 0 Å². The SMILES string of the molecule is O=C(COC(=O)c1ccc(N2C(=O)C3CC=CCC3C2=O)cc1)c1ccc(OC(=O)c2ccccc2)cc1. The van der Waals surface area contributed by atoms with Gasteiger partial charge < -0.3 is 9.47 Å². The number of rotatable bonds is 7. The number of imide groups is 1. The van der Waals surface area contributed by atoms with E-state index in [0.717, 1.165) is 0 Å². The number of allylic oxidation sites excluding steroid dienone is 2. The van der Waals surface area contributed by atoms with Crippen LogP contribution in [0.15, 0.2) is 91.0 Å². The molecular weight excluding hydrogens is 486 g/mol. The second-order valence-electron chi connectivity index (χ2n) is 8.99. The van der Waals surface area contributed by atoms with E-state index in [4.69, 9.17) is 9.47 Å². The molecule has 2 atom stereocenters. The largest absolute Gasteiger partial charge is 0.454 e. The van der Waals surface area contributed by atoms with Gasteiger partial charge in [0, 0.05) is 5.56 Å². The Morgan fingerprint density at radius 1 is 0.684 bits per heavy atom. The van der Waals surface area contributed by atoms with Crippen molar-refractivity contribution in [1.82, 2.24) is 0 Å². The van der Waals surface area contributed by atoms with Crippen LogP contribution in [-0.4, -0.2) is 36.1 Å². The molecule has 5 rings (SSSR count). The minimum Gasteiger partial charge on any atom is -0.454 e. The third-order valence-electron chi connectivity index (χ3n) is 6.60. The van der Waals surface area contributed by atoms with Gasteiger partial charge in [-0.25, -0.2) is 9.59 Å². The summed E-state index contributed by atoms with van der Waals surface area (Å²) >= 11 is 0. The molecule has 1 aliphatic carbocycles. The Bertz CT molecular complexity index is 1400. The number of hydrogen-bond donors (Lipinski definition) is 0. The fourth-order valence-electron chi connectivity index (χ4n) is 4.55. The average molecular weight is 510 g/mol. The number of hydrogen-bond acceptors (Lipinski definition) is 7. The van der Waals surface area contributed by atoms with Crippen LogP contribution in [0.3, 0.4) is 0 Å². The van der Waals surface area contributed by atoms with Gasteiger partial charge in [0.15, 0.2) is 12.4 Å². The topological polar surface area (TPSA) is 107 Å². The van der Waals surface area contributed by atoms with Gasteiger partial charge in [-0.3, -0.25) is 19.3 Å². The highest BCUT2D eigenvalue weighted by Gasteiger charge is 2.47. The average Bonchev–Trinajstić information content (AvgIpc) is 3.22. The zero-order valence-electron chi connectivity index (χ0n) is 20.2. The Balaban J connectivity index is 1.15. The van der Waals surface area contributed by atoms with Crippen molar-refractivity contribution in [2.24, 2.45) is 11.8 Å². The molecule has 2 aliphatic rings. The smallest absolute Gasteiger partial charge is 0.343 e. The van der Waals surface area contributed by atoms with Crippen molar-refractivity contribution in [1.29, 1.82) is 0 Å². The van der Waals surface area contributed by atoms with Crippen molar-refractivity contribution in [3.8, 4) is 5.75 Å². The van der Waals surface area contributed by atoms with Gasteiger partial charge in [-0.2, -0.15) is 0 Å². The first-order chi connectivity index (χ1) is 18.4. The second kappa shape index (κ2) is 10.6. The normalized spacial score (nSPS) is 18.2. The number of carbonyl (C=O) groups is 5. The molecule has 1 saturated heterocycles. The lowest BCUT2D eigenvalue weighted by atomic mass is 9.85. The van der Waals surface area contributed by atoms with Crippen molar-refractivity contribution in [3.05, 3.63) is 108 Å². The van der Waals surface area contributed by atoms with Crippen LogP contribution >= 0.6 is 0 Å². The maximum atomic E-state index is 12.7. The van der Waals surface area contributed by atoms with E-state index in [1.165, 1.54) is 53.4 Å². The van der Waals surface area contributed by atoms with Crippen molar-refractivity contribution in [2.75, 3.05) is 11.5 Å². The maximum Gasteiger partial charge on any atom is 0.343 e. The molecule has 0 bridgehead atoms. The van der Waals surface area contributed by atoms with E-state index in [-0.39, 0.29) is 40.5 Å². The third kappa shape index (κ3) is 5.01. The molecule has 1 aliphatic heterocycles. The molecule has 0 aromatic heterocycles. The van der Waals surface area contributed by atoms with Gasteiger partial charge in [0.2, 0.25) is 11.8 Å². The van der Waals surface area contributed by atoms with Crippen LogP contribution in [-0.2, 0) is 14.3 Å². The Morgan fingerprint density at radius 2 is 1.24 bits per heavy atom. The Morgan fingerprint density at radius 3 is 1.84 bits per heavy atom. The van der Waals surface area contributed by atoms with Crippen LogP contribution in [0.5, 0.6) is 5.75 Å². The van der Waals surface area contributed by atoms with Crippen LogP contribution in [0.4, 0.5) is 5.69 Å². The van der Waals surface area contributed by atoms with Gasteiger partial charge in [-0.15, -0.1) is 0 Å². The van der Waals surface area contributed by atoms with E-state index in [9.17, 15) is 24.0 Å². The molecular formula is C30H23NO7. The zero-order valence-corrected chi connectivity index (χ0v) is 20.2. The summed E-state index contributed by atoms with van der Waals surface area (Å²) in [4.78, 5) is 63.8. The number of ketones is 1. The van der Waals surface area contributed by atoms with Crippen molar-refractivity contribution in [3.63, 3.8) is 0 Å². The van der Waals surface area contributed by atoms with E-state index >= 15 is 0 Å². The van der Waals surface area contributed by atoms with Crippen molar-refractivity contribution < 1.29 is 33.4 Å². The summed E-state index contributed by atoms with van der Waals surface area (Å²) in [5.41, 5.74) is 1.27. The molecule has 1 fully saturated rings. The zero-order chi connectivity index (χ0) is 26.6. The lowest BCUT2D eigenvalue weighted by molar-refractivity contribution is -0.122. The molecule has 3 aromatic carbocycles. The molecule has 0 spiro atoms. The summed E-state index contributed by atoms with van der Waals surface area (Å²) in [5.74, 6) is -2.52. The fraction of sp³-hybridized carbons (Fsp3) is 0.167. The molecule has 2 unspecified atom stereocenters. The Labute approximate surface area is 218 Å². The molecule has 1 heterocycles. The van der Waals surface area contributed by atoms with E-state index in [0.29, 0.717) is 24.1 Å². The molecule has 38 heavy (non-hydrogen) atoms. The number of Topliss-reactive ketones (excluding diaryl/α,β-unsaturated/α-hetero) is 1. The molecule has 0 N–H and O–H groups in total. The summed E-state index contributed by atoms with van der Waals surface area (Å²) in [6.07, 6.45) is 4.94. The van der Waals surface area contributed by atoms with Crippen molar-refractivity contribution >= 4 is 35.2 Å². The minimum absolute atomic E-state index is 0.183. The third-order valence-corrected chi connectivity index (χ3v) is 6.60. The summed E-state index contributed by atoms with van der Waals surface area (Å²) in [6, 6.07) is 20.4. The maximum absolute atomic E-state index is 12.7. The first-order valence-electron chi connectivity index (χ1n) is 12.1. The number of esters is 2. The molecule has 3 aromatic rings. The summed E-state index contributed by atoms with van der Waals surface area (Å²) in [7, 11) is 0. The highest BCUT2D eigenvalue weighted by Crippen LogP contribution is 2.37. The quantitative estimate of drug-likeness (QED) is 0.153. The van der Waals surface area contributed by atoms with Gasteiger partial charge >= 0.3 is 11.9 Å². The highest BCUT2D eigenvalue weighted by molar-refractivity contribution is 6.22. The highest BCUT2D eigenvalue weighted by atomic mass is 16.5. The number of anilines is 1. The van der Waals surface area contributed by atoms with Crippen molar-refractivity contribution in [2.45, 2.75) is 12.8 Å². The number of ether oxygens (including phenoxy) is 2. The molecule has 8 nitrogen and oxygen atoms in total. The minimum atomic E-state index is -0.713. The molecule has 190 valence electrons. The van der Waals surface area contributed by atoms with Crippen LogP contribution in [0.1, 0.15) is 43.9 Å². The van der Waals surface area contributed by atoms with Crippen LogP contribution in [0.25, 0.3) is 0 Å². The lowest BCUT2D eigenvalue weighted by Gasteiger charge is -2.15. The number of amides is 2. The Hall–Kier alpha value is -4.85. The van der Waals surface area contributed by atoms with Crippen LogP contribution in [0.2, 0.25) is 0 Å². The molecule has 8 heteroatoms. The van der Waals surface area contributed by atoms with Gasteiger partial charge in [-0.05, 0) is 73.5 Å². The second-order valence-corrected chi connectivity index (χ2v) is 8.99. The summed E-state index contributed by atoms with van der Waals surface area (Å²) < 4.78 is 10.4. The predicted molar refractivity (Wildman–Crippen MR) is 137 cm³/mol. The van der Waals surface area contributed by atoms with Gasteiger partial charge in [0.05, 0.1) is 28.7 Å². The number of benzene rings is 3. The molecule has 0 radical (unpaired) electrons. The van der Waals surface area contributed by atoms with E-state index in [1.54, 1.807) is 30.3 Å². The van der Waals surface area contributed by atoms with E-state index in [1.807, 2.05) is 12.2 Å². The summed E-state index contributed by atoms with van der Waals surface area (Å²) in [6.45, 7) is -0.483. The van der Waals surface area contributed by atoms with Gasteiger partial charge in [0.1, 0.15) is 5.75 Å². The summed E-state index contributed by atoms with van der Waals surface area (Å²) in [5, 5.41) is 0. The first-order valence-corrected chi connectivity index (χ1v) is 12.1. The van der Waals surface area contributed by atoms with Crippen LogP contribution < -0.4 is 9.64 Å². The first kappa shape index (κ1) is 24.8. The lowest BCUT2D eigenvalue weighted by Crippen LogP contribution is -2.30. The monoisotopic (exact) mass is 509 g/mol. The predicted octanol–water partition coefficient (Wildman–Crippen LogP) is 4.40. The standard InChI is InChI=1S/C30H23NO7/c32-26(19-12-16-23(17-13-19)38-30(36)20-6-2-1-3-7-20)18-37-29(35)21-10-14-22(15-11-21)31-27(33)24-8-4-5-9-25(24)28(31)34/h1-7,10-17,24-25H,8-9,18H2. The molecule has 0 saturated carbocycles. The van der Waals surface area contributed by atoms with Gasteiger partial charge in [0.25, 0.3) is 0 Å². The van der Waals surface area contributed by atoms with Crippen LogP contribution in [0, 0.1) is 11.8 Å². The number of carbonyl (C=O) groups excluding carboxylic acids is 5. The number of nitrogens with zero attached hydrogens (tertiary/aromatic N) is 1. The Kier molecular flexibility index (Phi) is 6.95. The molecule has 2 amide bonds. The number of fused-ring (bicyclic) bond motifs is 1. The van der Waals surface area contributed by atoms with Gasteiger partial charge in [-0.1, -0.05) is 30.4 Å².